The Morgan fingerprint density at radius 3 is 2.59 bits per heavy atom. The number of hydrogen-bond acceptors (Lipinski definition) is 2. The lowest BCUT2D eigenvalue weighted by atomic mass is 9.89. The number of carbonyl (C=O) groups excluding carboxylic acids is 1. The van der Waals surface area contributed by atoms with Crippen molar-refractivity contribution in [2.75, 3.05) is 0 Å². The largest absolute Gasteiger partial charge is 0.353 e. The lowest BCUT2D eigenvalue weighted by Gasteiger charge is -2.22. The number of aromatic nitrogens is 2. The van der Waals surface area contributed by atoms with Crippen LogP contribution in [0.5, 0.6) is 0 Å². The number of nitrogens with one attached hydrogen (secondary N) is 1. The second kappa shape index (κ2) is 7.95. The molecule has 2 heterocycles. The number of nitrogens with zero attached hydrogens (tertiary/aromatic N) is 2. The SMILES string of the molecule is Cc1ccn2c(C(CC(=O)NC(C)C(C)C)c3ccccc3C)cnc2c1. The molecule has 3 rings (SSSR count). The molecule has 2 aromatic heterocycles. The van der Waals surface area contributed by atoms with E-state index in [2.05, 4.69) is 73.6 Å². The van der Waals surface area contributed by atoms with Gasteiger partial charge in [-0.25, -0.2) is 4.98 Å². The molecule has 2 atom stereocenters. The summed E-state index contributed by atoms with van der Waals surface area (Å²) in [4.78, 5) is 17.4. The Morgan fingerprint density at radius 1 is 1.15 bits per heavy atom. The van der Waals surface area contributed by atoms with Crippen molar-refractivity contribution in [3.63, 3.8) is 0 Å². The van der Waals surface area contributed by atoms with Crippen molar-refractivity contribution >= 4 is 11.6 Å². The maximum absolute atomic E-state index is 12.8. The Balaban J connectivity index is 2.00. The second-order valence-electron chi connectivity index (χ2n) is 7.83. The Labute approximate surface area is 161 Å². The van der Waals surface area contributed by atoms with Crippen LogP contribution in [0.15, 0.2) is 48.8 Å². The quantitative estimate of drug-likeness (QED) is 0.694. The molecule has 2 unspecified atom stereocenters. The Kier molecular flexibility index (Phi) is 5.64. The summed E-state index contributed by atoms with van der Waals surface area (Å²) in [7, 11) is 0. The lowest BCUT2D eigenvalue weighted by molar-refractivity contribution is -0.122. The zero-order valence-corrected chi connectivity index (χ0v) is 16.9. The van der Waals surface area contributed by atoms with Crippen LogP contribution in [0.1, 0.15) is 55.5 Å². The predicted molar refractivity (Wildman–Crippen MR) is 110 cm³/mol. The molecule has 0 saturated carbocycles. The predicted octanol–water partition coefficient (Wildman–Crippen LogP) is 4.63. The third-order valence-electron chi connectivity index (χ3n) is 5.40. The van der Waals surface area contributed by atoms with Gasteiger partial charge in [0.2, 0.25) is 5.91 Å². The first-order chi connectivity index (χ1) is 12.9. The van der Waals surface area contributed by atoms with Crippen molar-refractivity contribution in [1.82, 2.24) is 14.7 Å². The van der Waals surface area contributed by atoms with E-state index < -0.39 is 0 Å². The third-order valence-corrected chi connectivity index (χ3v) is 5.40. The zero-order chi connectivity index (χ0) is 19.6. The minimum atomic E-state index is -0.0386. The molecule has 1 N–H and O–H groups in total. The Hall–Kier alpha value is -2.62. The number of carbonyl (C=O) groups is 1. The number of aryl methyl sites for hydroxylation is 2. The summed E-state index contributed by atoms with van der Waals surface area (Å²) >= 11 is 0. The van der Waals surface area contributed by atoms with Crippen LogP contribution < -0.4 is 5.32 Å². The van der Waals surface area contributed by atoms with E-state index in [9.17, 15) is 4.79 Å². The van der Waals surface area contributed by atoms with Crippen LogP contribution in [0.3, 0.4) is 0 Å². The number of fused-ring (bicyclic) bond motifs is 1. The second-order valence-corrected chi connectivity index (χ2v) is 7.83. The monoisotopic (exact) mass is 363 g/mol. The van der Waals surface area contributed by atoms with Crippen LogP contribution in [0.2, 0.25) is 0 Å². The first-order valence-corrected chi connectivity index (χ1v) is 9.65. The van der Waals surface area contributed by atoms with Crippen molar-refractivity contribution in [2.24, 2.45) is 5.92 Å². The van der Waals surface area contributed by atoms with Gasteiger partial charge in [0.1, 0.15) is 5.65 Å². The topological polar surface area (TPSA) is 46.4 Å². The fourth-order valence-electron chi connectivity index (χ4n) is 3.38. The van der Waals surface area contributed by atoms with Gasteiger partial charge in [0.05, 0.1) is 5.69 Å². The average Bonchev–Trinajstić information content (AvgIpc) is 3.03. The van der Waals surface area contributed by atoms with Crippen molar-refractivity contribution in [3.05, 3.63) is 71.2 Å². The van der Waals surface area contributed by atoms with Crippen molar-refractivity contribution in [3.8, 4) is 0 Å². The van der Waals surface area contributed by atoms with Gasteiger partial charge in [-0.05, 0) is 55.5 Å². The number of imidazole rings is 1. The molecule has 142 valence electrons. The first-order valence-electron chi connectivity index (χ1n) is 9.65. The van der Waals surface area contributed by atoms with Crippen molar-refractivity contribution < 1.29 is 4.79 Å². The van der Waals surface area contributed by atoms with Gasteiger partial charge in [-0.1, -0.05) is 38.1 Å². The van der Waals surface area contributed by atoms with E-state index in [1.807, 2.05) is 24.5 Å². The smallest absolute Gasteiger partial charge is 0.221 e. The number of hydrogen-bond donors (Lipinski definition) is 1. The minimum absolute atomic E-state index is 0.0386. The van der Waals surface area contributed by atoms with Crippen LogP contribution in [0.25, 0.3) is 5.65 Å². The summed E-state index contributed by atoms with van der Waals surface area (Å²) in [6.07, 6.45) is 4.36. The molecule has 3 aromatic rings. The highest BCUT2D eigenvalue weighted by Crippen LogP contribution is 2.31. The van der Waals surface area contributed by atoms with Gasteiger partial charge in [-0.15, -0.1) is 0 Å². The van der Waals surface area contributed by atoms with Gasteiger partial charge < -0.3 is 9.72 Å². The maximum Gasteiger partial charge on any atom is 0.221 e. The molecule has 27 heavy (non-hydrogen) atoms. The molecule has 0 bridgehead atoms. The molecule has 1 aromatic carbocycles. The van der Waals surface area contributed by atoms with E-state index in [-0.39, 0.29) is 17.9 Å². The summed E-state index contributed by atoms with van der Waals surface area (Å²) in [5, 5.41) is 3.15. The highest BCUT2D eigenvalue weighted by Gasteiger charge is 2.24. The number of benzene rings is 1. The van der Waals surface area contributed by atoms with E-state index in [0.29, 0.717) is 12.3 Å². The van der Waals surface area contributed by atoms with Crippen LogP contribution in [-0.2, 0) is 4.79 Å². The van der Waals surface area contributed by atoms with Crippen LogP contribution in [0.4, 0.5) is 0 Å². The highest BCUT2D eigenvalue weighted by molar-refractivity contribution is 5.78. The minimum Gasteiger partial charge on any atom is -0.353 e. The molecule has 0 aliphatic rings. The van der Waals surface area contributed by atoms with Gasteiger partial charge in [0, 0.05) is 30.8 Å². The van der Waals surface area contributed by atoms with E-state index in [1.165, 1.54) is 16.7 Å². The summed E-state index contributed by atoms with van der Waals surface area (Å²) in [5.41, 5.74) is 5.50. The van der Waals surface area contributed by atoms with E-state index in [4.69, 9.17) is 0 Å². The first kappa shape index (κ1) is 19.2. The standard InChI is InChI=1S/C23H29N3O/c1-15(2)18(5)25-23(27)13-20(19-9-7-6-8-17(19)4)21-14-24-22-12-16(3)10-11-26(21)22/h6-12,14-15,18,20H,13H2,1-5H3,(H,25,27). The van der Waals surface area contributed by atoms with Crippen molar-refractivity contribution in [1.29, 1.82) is 0 Å². The molecular formula is C23H29N3O. The van der Waals surface area contributed by atoms with Gasteiger partial charge in [-0.3, -0.25) is 4.79 Å². The van der Waals surface area contributed by atoms with Crippen LogP contribution in [-0.4, -0.2) is 21.3 Å². The number of amides is 1. The average molecular weight is 364 g/mol. The van der Waals surface area contributed by atoms with Crippen LogP contribution >= 0.6 is 0 Å². The fraction of sp³-hybridized carbons (Fsp3) is 0.391. The summed E-state index contributed by atoms with van der Waals surface area (Å²) in [5.74, 6) is 0.444. The van der Waals surface area contributed by atoms with E-state index in [0.717, 1.165) is 11.3 Å². The molecule has 4 nitrogen and oxygen atoms in total. The maximum atomic E-state index is 12.8. The lowest BCUT2D eigenvalue weighted by Crippen LogP contribution is -2.37. The van der Waals surface area contributed by atoms with E-state index >= 15 is 0 Å². The van der Waals surface area contributed by atoms with Gasteiger partial charge in [0.15, 0.2) is 0 Å². The van der Waals surface area contributed by atoms with Gasteiger partial charge in [0.25, 0.3) is 0 Å². The molecule has 0 saturated heterocycles. The van der Waals surface area contributed by atoms with Crippen molar-refractivity contribution in [2.45, 2.75) is 53.0 Å². The fourth-order valence-corrected chi connectivity index (χ4v) is 3.38. The van der Waals surface area contributed by atoms with Crippen LogP contribution in [0, 0.1) is 19.8 Å². The van der Waals surface area contributed by atoms with Gasteiger partial charge >= 0.3 is 0 Å². The molecule has 0 aliphatic carbocycles. The molecule has 4 heteroatoms. The molecule has 0 spiro atoms. The van der Waals surface area contributed by atoms with Gasteiger partial charge in [-0.2, -0.15) is 0 Å². The molecule has 0 aliphatic heterocycles. The Morgan fingerprint density at radius 2 is 1.89 bits per heavy atom. The number of pyridine rings is 1. The normalized spacial score (nSPS) is 13.7. The molecule has 0 radical (unpaired) electrons. The molecule has 1 amide bonds. The summed E-state index contributed by atoms with van der Waals surface area (Å²) in [6.45, 7) is 10.5. The molecular weight excluding hydrogens is 334 g/mol. The summed E-state index contributed by atoms with van der Waals surface area (Å²) < 4.78 is 2.10. The Bertz CT molecular complexity index is 942. The van der Waals surface area contributed by atoms with E-state index in [1.54, 1.807) is 0 Å². The molecule has 0 fully saturated rings. The highest BCUT2D eigenvalue weighted by atomic mass is 16.1. The summed E-state index contributed by atoms with van der Waals surface area (Å²) in [6, 6.07) is 12.6. The zero-order valence-electron chi connectivity index (χ0n) is 16.9. The third kappa shape index (κ3) is 4.21. The number of rotatable bonds is 6.